The van der Waals surface area contributed by atoms with Crippen LogP contribution in [0.3, 0.4) is 0 Å². The molecule has 0 aliphatic heterocycles. The average molecular weight is 636 g/mol. The lowest BCUT2D eigenvalue weighted by atomic mass is 9.91. The molecule has 0 saturated carbocycles. The highest BCUT2D eigenvalue weighted by atomic mass is 15.0. The Bertz CT molecular complexity index is 2920. The van der Waals surface area contributed by atoms with Crippen LogP contribution in [0.2, 0.25) is 0 Å². The van der Waals surface area contributed by atoms with Gasteiger partial charge in [-0.15, -0.1) is 0 Å². The summed E-state index contributed by atoms with van der Waals surface area (Å²) in [6, 6.07) is 57.8. The molecule has 0 spiro atoms. The van der Waals surface area contributed by atoms with Crippen molar-refractivity contribution in [1.82, 2.24) is 9.13 Å². The Morgan fingerprint density at radius 3 is 1.54 bits per heavy atom. The molecule has 0 aliphatic rings. The summed E-state index contributed by atoms with van der Waals surface area (Å²) in [5, 5.41) is 34.3. The molecule has 0 atom stereocenters. The van der Waals surface area contributed by atoms with Gasteiger partial charge in [0.2, 0.25) is 0 Å². The number of para-hydroxylation sites is 3. The van der Waals surface area contributed by atoms with Gasteiger partial charge in [0.05, 0.1) is 62.7 Å². The molecule has 9 aromatic rings. The fourth-order valence-corrected chi connectivity index (χ4v) is 7.45. The Morgan fingerprint density at radius 2 is 0.880 bits per heavy atom. The molecule has 0 saturated heterocycles. The maximum Gasteiger partial charge on any atom is 0.0992 e. The molecule has 230 valence electrons. The van der Waals surface area contributed by atoms with E-state index in [1.807, 2.05) is 84.9 Å². The van der Waals surface area contributed by atoms with Crippen molar-refractivity contribution in [2.45, 2.75) is 0 Å². The standard InChI is InChI=1S/C45H25N5/c46-26-29-18-20-44-40(23-29)38-13-5-6-14-41(38)49(44)33-22-31(28-48)21-32(25-33)34-9-1-2-10-35(34)39-19-17-30(27-47)24-45(39)50-42-15-7-3-11-36(42)37-12-4-8-16-43(37)50/h1-25H. The van der Waals surface area contributed by atoms with E-state index in [4.69, 9.17) is 0 Å². The van der Waals surface area contributed by atoms with Crippen LogP contribution in [-0.2, 0) is 0 Å². The third-order valence-corrected chi connectivity index (χ3v) is 9.58. The van der Waals surface area contributed by atoms with Gasteiger partial charge in [-0.25, -0.2) is 0 Å². The summed E-state index contributed by atoms with van der Waals surface area (Å²) >= 11 is 0. The predicted octanol–water partition coefficient (Wildman–Crippen LogP) is 10.8. The zero-order valence-corrected chi connectivity index (χ0v) is 26.7. The normalized spacial score (nSPS) is 11.1. The lowest BCUT2D eigenvalue weighted by Crippen LogP contribution is -2.00. The van der Waals surface area contributed by atoms with Crippen LogP contribution >= 0.6 is 0 Å². The fraction of sp³-hybridized carbons (Fsp3) is 0. The molecular weight excluding hydrogens is 611 g/mol. The molecule has 0 fully saturated rings. The van der Waals surface area contributed by atoms with Crippen molar-refractivity contribution in [3.05, 3.63) is 168 Å². The Kier molecular flexibility index (Phi) is 6.56. The zero-order chi connectivity index (χ0) is 33.8. The second-order valence-electron chi connectivity index (χ2n) is 12.3. The SMILES string of the molecule is N#Cc1cc(-c2ccccc2-c2ccc(C#N)cc2-n2c3ccccc3c3ccccc32)cc(-n2c3ccccc3c3cc(C#N)ccc32)c1. The van der Waals surface area contributed by atoms with Crippen LogP contribution in [0.1, 0.15) is 16.7 Å². The fourth-order valence-electron chi connectivity index (χ4n) is 7.45. The second kappa shape index (κ2) is 11.4. The van der Waals surface area contributed by atoms with E-state index >= 15 is 0 Å². The number of nitrogens with zero attached hydrogens (tertiary/aromatic N) is 5. The molecule has 0 aliphatic carbocycles. The van der Waals surface area contributed by atoms with Crippen LogP contribution in [0.4, 0.5) is 0 Å². The lowest BCUT2D eigenvalue weighted by Gasteiger charge is -2.18. The van der Waals surface area contributed by atoms with E-state index in [2.05, 4.69) is 94.1 Å². The first-order valence-electron chi connectivity index (χ1n) is 16.3. The maximum atomic E-state index is 10.3. The molecule has 50 heavy (non-hydrogen) atoms. The van der Waals surface area contributed by atoms with E-state index in [9.17, 15) is 15.8 Å². The van der Waals surface area contributed by atoms with Crippen LogP contribution in [-0.4, -0.2) is 9.13 Å². The smallest absolute Gasteiger partial charge is 0.0992 e. The molecule has 0 radical (unpaired) electrons. The molecular formula is C45H25N5. The number of rotatable bonds is 4. The van der Waals surface area contributed by atoms with Gasteiger partial charge in [0, 0.05) is 32.8 Å². The minimum absolute atomic E-state index is 0.536. The van der Waals surface area contributed by atoms with E-state index < -0.39 is 0 Å². The molecule has 5 heteroatoms. The van der Waals surface area contributed by atoms with Gasteiger partial charge in [-0.05, 0) is 83.4 Å². The first-order chi connectivity index (χ1) is 24.7. The first-order valence-corrected chi connectivity index (χ1v) is 16.3. The highest BCUT2D eigenvalue weighted by Crippen LogP contribution is 2.41. The summed E-state index contributed by atoms with van der Waals surface area (Å²) < 4.78 is 4.42. The van der Waals surface area contributed by atoms with Crippen LogP contribution in [0.25, 0.3) is 77.2 Å². The average Bonchev–Trinajstić information content (AvgIpc) is 3.70. The van der Waals surface area contributed by atoms with Gasteiger partial charge in [-0.1, -0.05) is 84.9 Å². The summed E-state index contributed by atoms with van der Waals surface area (Å²) in [7, 11) is 0. The summed E-state index contributed by atoms with van der Waals surface area (Å²) in [4.78, 5) is 0. The predicted molar refractivity (Wildman–Crippen MR) is 200 cm³/mol. The summed E-state index contributed by atoms with van der Waals surface area (Å²) in [6.45, 7) is 0. The van der Waals surface area contributed by atoms with Crippen LogP contribution in [0, 0.1) is 34.0 Å². The molecule has 0 unspecified atom stereocenters. The summed E-state index contributed by atoms with van der Waals surface area (Å²) in [5.74, 6) is 0. The van der Waals surface area contributed by atoms with Gasteiger partial charge in [0.15, 0.2) is 0 Å². The van der Waals surface area contributed by atoms with Crippen molar-refractivity contribution >= 4 is 43.6 Å². The molecule has 0 amide bonds. The van der Waals surface area contributed by atoms with Gasteiger partial charge in [0.1, 0.15) is 0 Å². The summed E-state index contributed by atoms with van der Waals surface area (Å²) in [6.07, 6.45) is 0. The largest absolute Gasteiger partial charge is 0.309 e. The quantitative estimate of drug-likeness (QED) is 0.193. The molecule has 2 heterocycles. The van der Waals surface area contributed by atoms with Crippen molar-refractivity contribution in [1.29, 1.82) is 15.8 Å². The highest BCUT2D eigenvalue weighted by molar-refractivity contribution is 6.11. The second-order valence-corrected chi connectivity index (χ2v) is 12.3. The van der Waals surface area contributed by atoms with Crippen LogP contribution < -0.4 is 0 Å². The van der Waals surface area contributed by atoms with Crippen molar-refractivity contribution in [2.24, 2.45) is 0 Å². The first kappa shape index (κ1) is 28.8. The number of hydrogen-bond donors (Lipinski definition) is 0. The van der Waals surface area contributed by atoms with E-state index in [0.717, 1.165) is 77.2 Å². The van der Waals surface area contributed by atoms with Crippen molar-refractivity contribution in [3.8, 4) is 51.8 Å². The lowest BCUT2D eigenvalue weighted by molar-refractivity contribution is 1.17. The molecule has 7 aromatic carbocycles. The molecule has 2 aromatic heterocycles. The zero-order valence-electron chi connectivity index (χ0n) is 26.7. The maximum absolute atomic E-state index is 10.3. The highest BCUT2D eigenvalue weighted by Gasteiger charge is 2.20. The van der Waals surface area contributed by atoms with Gasteiger partial charge in [-0.2, -0.15) is 15.8 Å². The third kappa shape index (κ3) is 4.38. The number of benzene rings is 7. The Balaban J connectivity index is 1.31. The van der Waals surface area contributed by atoms with Crippen LogP contribution in [0.5, 0.6) is 0 Å². The monoisotopic (exact) mass is 635 g/mol. The van der Waals surface area contributed by atoms with E-state index in [-0.39, 0.29) is 0 Å². The van der Waals surface area contributed by atoms with Crippen molar-refractivity contribution < 1.29 is 0 Å². The van der Waals surface area contributed by atoms with Gasteiger partial charge in [0.25, 0.3) is 0 Å². The molecule has 9 rings (SSSR count). The van der Waals surface area contributed by atoms with Gasteiger partial charge >= 0.3 is 0 Å². The number of fused-ring (bicyclic) bond motifs is 6. The third-order valence-electron chi connectivity index (χ3n) is 9.58. The Hall–Kier alpha value is -7.39. The van der Waals surface area contributed by atoms with Crippen LogP contribution in [0.15, 0.2) is 152 Å². The van der Waals surface area contributed by atoms with Crippen molar-refractivity contribution in [3.63, 3.8) is 0 Å². The number of aromatic nitrogens is 2. The Morgan fingerprint density at radius 1 is 0.360 bits per heavy atom. The minimum atomic E-state index is 0.536. The topological polar surface area (TPSA) is 81.2 Å². The van der Waals surface area contributed by atoms with E-state index in [1.54, 1.807) is 0 Å². The number of hydrogen-bond acceptors (Lipinski definition) is 3. The van der Waals surface area contributed by atoms with Gasteiger partial charge in [-0.3, -0.25) is 0 Å². The van der Waals surface area contributed by atoms with Crippen molar-refractivity contribution in [2.75, 3.05) is 0 Å². The van der Waals surface area contributed by atoms with E-state index in [1.165, 1.54) is 0 Å². The Labute approximate surface area is 287 Å². The number of nitriles is 3. The van der Waals surface area contributed by atoms with Gasteiger partial charge < -0.3 is 9.13 Å². The summed E-state index contributed by atoms with van der Waals surface area (Å²) in [5.41, 5.74) is 11.3. The molecule has 0 bridgehead atoms. The molecule has 0 N–H and O–H groups in total. The minimum Gasteiger partial charge on any atom is -0.309 e. The molecule has 5 nitrogen and oxygen atoms in total. The van der Waals surface area contributed by atoms with E-state index in [0.29, 0.717) is 16.7 Å².